The van der Waals surface area contributed by atoms with Crippen molar-refractivity contribution in [3.05, 3.63) is 11.9 Å². The van der Waals surface area contributed by atoms with Crippen LogP contribution in [0.1, 0.15) is 26.3 Å². The van der Waals surface area contributed by atoms with E-state index < -0.39 is 0 Å². The highest BCUT2D eigenvalue weighted by atomic mass is 16.3. The molecular formula is C11H21N5O. The molecule has 0 radical (unpaired) electrons. The highest BCUT2D eigenvalue weighted by Crippen LogP contribution is 2.21. The molecule has 96 valence electrons. The van der Waals surface area contributed by atoms with Gasteiger partial charge in [-0.25, -0.2) is 15.8 Å². The van der Waals surface area contributed by atoms with E-state index in [9.17, 15) is 5.11 Å². The summed E-state index contributed by atoms with van der Waals surface area (Å²) in [6.45, 7) is 6.73. The minimum absolute atomic E-state index is 0.120. The largest absolute Gasteiger partial charge is 0.396 e. The molecule has 0 saturated heterocycles. The van der Waals surface area contributed by atoms with Gasteiger partial charge in [-0.2, -0.15) is 0 Å². The second-order valence-electron chi connectivity index (χ2n) is 4.72. The van der Waals surface area contributed by atoms with E-state index >= 15 is 0 Å². The van der Waals surface area contributed by atoms with Gasteiger partial charge in [0, 0.05) is 24.1 Å². The fraction of sp³-hybridized carbons (Fsp3) is 0.636. The first-order valence-electron chi connectivity index (χ1n) is 5.69. The summed E-state index contributed by atoms with van der Waals surface area (Å²) in [5.41, 5.74) is 3.32. The standard InChI is InChI=1S/C11H21N5O/c1-4-8-9(13-5-11(2,3)6-17)14-7-15-10(8)16-12/h7,17H,4-6,12H2,1-3H3,(H2,13,14,15,16). The lowest BCUT2D eigenvalue weighted by Gasteiger charge is -2.23. The summed E-state index contributed by atoms with van der Waals surface area (Å²) in [6, 6.07) is 0. The second kappa shape index (κ2) is 5.79. The lowest BCUT2D eigenvalue weighted by molar-refractivity contribution is 0.170. The molecule has 1 rings (SSSR count). The van der Waals surface area contributed by atoms with Crippen molar-refractivity contribution in [2.45, 2.75) is 27.2 Å². The third kappa shape index (κ3) is 3.54. The lowest BCUT2D eigenvalue weighted by Crippen LogP contribution is -2.27. The maximum absolute atomic E-state index is 9.19. The van der Waals surface area contributed by atoms with Gasteiger partial charge in [0.1, 0.15) is 18.0 Å². The number of aromatic nitrogens is 2. The van der Waals surface area contributed by atoms with Gasteiger partial charge in [0.25, 0.3) is 0 Å². The smallest absolute Gasteiger partial charge is 0.148 e. The summed E-state index contributed by atoms with van der Waals surface area (Å²) < 4.78 is 0. The monoisotopic (exact) mass is 239 g/mol. The van der Waals surface area contributed by atoms with Gasteiger partial charge in [0.2, 0.25) is 0 Å². The SMILES string of the molecule is CCc1c(NN)ncnc1NCC(C)(C)CO. The summed E-state index contributed by atoms with van der Waals surface area (Å²) in [5.74, 6) is 6.79. The van der Waals surface area contributed by atoms with Crippen molar-refractivity contribution in [2.24, 2.45) is 11.3 Å². The van der Waals surface area contributed by atoms with E-state index in [1.807, 2.05) is 20.8 Å². The minimum atomic E-state index is -0.188. The van der Waals surface area contributed by atoms with Crippen molar-refractivity contribution in [3.8, 4) is 0 Å². The van der Waals surface area contributed by atoms with Crippen LogP contribution in [0, 0.1) is 5.41 Å². The van der Waals surface area contributed by atoms with E-state index in [-0.39, 0.29) is 12.0 Å². The molecule has 0 aliphatic rings. The van der Waals surface area contributed by atoms with Crippen LogP contribution in [0.4, 0.5) is 11.6 Å². The predicted molar refractivity (Wildman–Crippen MR) is 68.6 cm³/mol. The van der Waals surface area contributed by atoms with E-state index in [1.54, 1.807) is 0 Å². The van der Waals surface area contributed by atoms with Crippen LogP contribution >= 0.6 is 0 Å². The first-order valence-corrected chi connectivity index (χ1v) is 5.69. The third-order valence-corrected chi connectivity index (χ3v) is 2.60. The molecule has 0 aromatic carbocycles. The zero-order valence-corrected chi connectivity index (χ0v) is 10.6. The van der Waals surface area contributed by atoms with Gasteiger partial charge in [0.05, 0.1) is 0 Å². The number of nitrogens with one attached hydrogen (secondary N) is 2. The van der Waals surface area contributed by atoms with Crippen molar-refractivity contribution in [3.63, 3.8) is 0 Å². The lowest BCUT2D eigenvalue weighted by atomic mass is 9.95. The molecule has 17 heavy (non-hydrogen) atoms. The maximum atomic E-state index is 9.19. The quantitative estimate of drug-likeness (QED) is 0.432. The number of aliphatic hydroxyl groups is 1. The van der Waals surface area contributed by atoms with Crippen LogP contribution in [0.3, 0.4) is 0 Å². The topological polar surface area (TPSA) is 96.1 Å². The van der Waals surface area contributed by atoms with E-state index in [2.05, 4.69) is 20.7 Å². The number of nitrogens with two attached hydrogens (primary N) is 1. The summed E-state index contributed by atoms with van der Waals surface area (Å²) >= 11 is 0. The van der Waals surface area contributed by atoms with E-state index in [4.69, 9.17) is 5.84 Å². The van der Waals surface area contributed by atoms with Crippen LogP contribution in [-0.4, -0.2) is 28.2 Å². The average molecular weight is 239 g/mol. The van der Waals surface area contributed by atoms with Gasteiger partial charge in [-0.05, 0) is 6.42 Å². The molecule has 0 spiro atoms. The van der Waals surface area contributed by atoms with Gasteiger partial charge in [-0.15, -0.1) is 0 Å². The Morgan fingerprint density at radius 3 is 2.53 bits per heavy atom. The average Bonchev–Trinajstić information content (AvgIpc) is 2.35. The van der Waals surface area contributed by atoms with Crippen LogP contribution in [0.5, 0.6) is 0 Å². The number of hydrogen-bond donors (Lipinski definition) is 4. The Hall–Kier alpha value is -1.40. The molecule has 0 amide bonds. The molecule has 0 saturated carbocycles. The number of hydrogen-bond acceptors (Lipinski definition) is 6. The van der Waals surface area contributed by atoms with Gasteiger partial charge < -0.3 is 15.8 Å². The van der Waals surface area contributed by atoms with Gasteiger partial charge in [0.15, 0.2) is 0 Å². The van der Waals surface area contributed by atoms with Crippen LogP contribution in [0.15, 0.2) is 6.33 Å². The fourth-order valence-electron chi connectivity index (χ4n) is 1.40. The first-order chi connectivity index (χ1) is 8.04. The Bertz CT molecular complexity index is 367. The normalized spacial score (nSPS) is 11.4. The Balaban J connectivity index is 2.84. The van der Waals surface area contributed by atoms with Gasteiger partial charge in [-0.3, -0.25) is 0 Å². The number of hydrazine groups is 1. The highest BCUT2D eigenvalue weighted by Gasteiger charge is 2.17. The van der Waals surface area contributed by atoms with Crippen molar-refractivity contribution < 1.29 is 5.11 Å². The minimum Gasteiger partial charge on any atom is -0.396 e. The summed E-state index contributed by atoms with van der Waals surface area (Å²) in [4.78, 5) is 8.25. The molecule has 0 unspecified atom stereocenters. The van der Waals surface area contributed by atoms with Gasteiger partial charge >= 0.3 is 0 Å². The molecular weight excluding hydrogens is 218 g/mol. The zero-order chi connectivity index (χ0) is 12.9. The molecule has 1 aromatic heterocycles. The van der Waals surface area contributed by atoms with Crippen LogP contribution < -0.4 is 16.6 Å². The molecule has 1 aromatic rings. The number of nitrogens with zero attached hydrogens (tertiary/aromatic N) is 2. The Labute approximate surface area is 102 Å². The summed E-state index contributed by atoms with van der Waals surface area (Å²) in [5, 5.41) is 12.4. The first kappa shape index (κ1) is 13.7. The Kier molecular flexibility index (Phi) is 4.65. The molecule has 0 atom stereocenters. The molecule has 1 heterocycles. The summed E-state index contributed by atoms with van der Waals surface area (Å²) in [6.07, 6.45) is 2.24. The molecule has 5 N–H and O–H groups in total. The van der Waals surface area contributed by atoms with Crippen molar-refractivity contribution in [1.82, 2.24) is 9.97 Å². The zero-order valence-electron chi connectivity index (χ0n) is 10.6. The maximum Gasteiger partial charge on any atom is 0.148 e. The van der Waals surface area contributed by atoms with Crippen molar-refractivity contribution in [2.75, 3.05) is 23.9 Å². The van der Waals surface area contributed by atoms with Crippen LogP contribution in [0.2, 0.25) is 0 Å². The summed E-state index contributed by atoms with van der Waals surface area (Å²) in [7, 11) is 0. The van der Waals surface area contributed by atoms with Crippen LogP contribution in [-0.2, 0) is 6.42 Å². The Morgan fingerprint density at radius 1 is 1.35 bits per heavy atom. The second-order valence-corrected chi connectivity index (χ2v) is 4.72. The number of rotatable bonds is 6. The molecule has 0 bridgehead atoms. The molecule has 6 heteroatoms. The van der Waals surface area contributed by atoms with Crippen molar-refractivity contribution in [1.29, 1.82) is 0 Å². The van der Waals surface area contributed by atoms with Gasteiger partial charge in [-0.1, -0.05) is 20.8 Å². The van der Waals surface area contributed by atoms with Crippen molar-refractivity contribution >= 4 is 11.6 Å². The predicted octanol–water partition coefficient (Wildman–Crippen LogP) is 0.755. The molecule has 0 aliphatic carbocycles. The van der Waals surface area contributed by atoms with Crippen LogP contribution in [0.25, 0.3) is 0 Å². The van der Waals surface area contributed by atoms with E-state index in [0.717, 1.165) is 17.8 Å². The number of anilines is 2. The highest BCUT2D eigenvalue weighted by molar-refractivity contribution is 5.56. The number of nitrogen functional groups attached to an aromatic ring is 1. The fourth-order valence-corrected chi connectivity index (χ4v) is 1.40. The van der Waals surface area contributed by atoms with E-state index in [0.29, 0.717) is 12.4 Å². The van der Waals surface area contributed by atoms with E-state index in [1.165, 1.54) is 6.33 Å². The molecule has 6 nitrogen and oxygen atoms in total. The third-order valence-electron chi connectivity index (χ3n) is 2.60. The number of aliphatic hydroxyl groups excluding tert-OH is 1. The Morgan fingerprint density at radius 2 is 2.00 bits per heavy atom. The molecule has 0 aliphatic heterocycles. The molecule has 0 fully saturated rings.